The Morgan fingerprint density at radius 3 is 2.62 bits per heavy atom. The molecule has 0 radical (unpaired) electrons. The van der Waals surface area contributed by atoms with Crippen molar-refractivity contribution in [2.75, 3.05) is 26.7 Å². The number of piperidine rings is 1. The molecular weight excluding hydrogens is 300 g/mol. The number of hydrogen-bond acceptors (Lipinski definition) is 3. The predicted octanol–water partition coefficient (Wildman–Crippen LogP) is 3.62. The van der Waals surface area contributed by atoms with E-state index in [0.717, 1.165) is 38.1 Å². The van der Waals surface area contributed by atoms with Gasteiger partial charge in [-0.25, -0.2) is 0 Å². The standard InChI is InChI=1S/C20H30N2O2/c1-3-17-7-4-5-14-22(17)20(23)15-21-13-6-8-19(21)16-9-11-18(24-2)12-10-16/h9-12,17,19H,3-8,13-15H2,1-2H3/t17-,19+/m1/s1. The van der Waals surface area contributed by atoms with Gasteiger partial charge in [0.25, 0.3) is 0 Å². The van der Waals surface area contributed by atoms with Crippen LogP contribution in [0, 0.1) is 0 Å². The number of amides is 1. The summed E-state index contributed by atoms with van der Waals surface area (Å²) in [4.78, 5) is 17.4. The quantitative estimate of drug-likeness (QED) is 0.826. The van der Waals surface area contributed by atoms with Crippen molar-refractivity contribution in [3.63, 3.8) is 0 Å². The van der Waals surface area contributed by atoms with E-state index >= 15 is 0 Å². The Kier molecular flexibility index (Phi) is 5.77. The number of rotatable bonds is 5. The van der Waals surface area contributed by atoms with E-state index in [2.05, 4.69) is 28.9 Å². The third-order valence-electron chi connectivity index (χ3n) is 5.62. The lowest BCUT2D eigenvalue weighted by atomic mass is 10.00. The minimum atomic E-state index is 0.321. The Hall–Kier alpha value is -1.55. The Morgan fingerprint density at radius 1 is 1.12 bits per heavy atom. The Morgan fingerprint density at radius 2 is 1.92 bits per heavy atom. The van der Waals surface area contributed by atoms with E-state index in [1.165, 1.54) is 24.8 Å². The van der Waals surface area contributed by atoms with Gasteiger partial charge < -0.3 is 9.64 Å². The van der Waals surface area contributed by atoms with Crippen molar-refractivity contribution < 1.29 is 9.53 Å². The number of hydrogen-bond donors (Lipinski definition) is 0. The smallest absolute Gasteiger partial charge is 0.237 e. The summed E-state index contributed by atoms with van der Waals surface area (Å²) in [5, 5.41) is 0. The van der Waals surface area contributed by atoms with Crippen LogP contribution in [0.2, 0.25) is 0 Å². The van der Waals surface area contributed by atoms with Crippen LogP contribution in [0.5, 0.6) is 5.75 Å². The molecular formula is C20H30N2O2. The maximum absolute atomic E-state index is 12.9. The number of methoxy groups -OCH3 is 1. The van der Waals surface area contributed by atoms with E-state index in [-0.39, 0.29) is 0 Å². The summed E-state index contributed by atoms with van der Waals surface area (Å²) in [6.07, 6.45) is 6.97. The summed E-state index contributed by atoms with van der Waals surface area (Å²) in [6.45, 7) is 4.73. The maximum Gasteiger partial charge on any atom is 0.237 e. The fourth-order valence-corrected chi connectivity index (χ4v) is 4.24. The molecule has 2 aliphatic heterocycles. The first-order valence-electron chi connectivity index (χ1n) is 9.40. The summed E-state index contributed by atoms with van der Waals surface area (Å²) >= 11 is 0. The van der Waals surface area contributed by atoms with E-state index in [1.807, 2.05) is 12.1 Å². The van der Waals surface area contributed by atoms with E-state index in [9.17, 15) is 4.79 Å². The van der Waals surface area contributed by atoms with Crippen molar-refractivity contribution >= 4 is 5.91 Å². The van der Waals surface area contributed by atoms with Gasteiger partial charge in [-0.2, -0.15) is 0 Å². The lowest BCUT2D eigenvalue weighted by Gasteiger charge is -2.37. The average molecular weight is 330 g/mol. The van der Waals surface area contributed by atoms with Gasteiger partial charge in [-0.3, -0.25) is 9.69 Å². The molecule has 3 rings (SSSR count). The number of carbonyl (C=O) groups excluding carboxylic acids is 1. The Labute approximate surface area is 145 Å². The van der Waals surface area contributed by atoms with Crippen LogP contribution in [-0.2, 0) is 4.79 Å². The minimum absolute atomic E-state index is 0.321. The summed E-state index contributed by atoms with van der Waals surface area (Å²) < 4.78 is 5.25. The molecule has 4 heteroatoms. The predicted molar refractivity (Wildman–Crippen MR) is 96.2 cm³/mol. The van der Waals surface area contributed by atoms with Crippen LogP contribution in [0.3, 0.4) is 0 Å². The van der Waals surface area contributed by atoms with Gasteiger partial charge in [0.15, 0.2) is 0 Å². The molecule has 0 N–H and O–H groups in total. The first-order chi connectivity index (χ1) is 11.7. The van der Waals surface area contributed by atoms with E-state index < -0.39 is 0 Å². The SMILES string of the molecule is CC[C@@H]1CCCCN1C(=O)CN1CCC[C@H]1c1ccc(OC)cc1. The molecule has 2 saturated heterocycles. The second-order valence-corrected chi connectivity index (χ2v) is 7.05. The molecule has 0 unspecified atom stereocenters. The van der Waals surface area contributed by atoms with Crippen molar-refractivity contribution in [3.8, 4) is 5.75 Å². The lowest BCUT2D eigenvalue weighted by Crippen LogP contribution is -2.47. The van der Waals surface area contributed by atoms with Crippen LogP contribution >= 0.6 is 0 Å². The Bertz CT molecular complexity index is 543. The molecule has 0 aromatic heterocycles. The molecule has 0 aliphatic carbocycles. The zero-order chi connectivity index (χ0) is 16.9. The highest BCUT2D eigenvalue weighted by Crippen LogP contribution is 2.33. The zero-order valence-corrected chi connectivity index (χ0v) is 15.0. The molecule has 4 nitrogen and oxygen atoms in total. The third-order valence-corrected chi connectivity index (χ3v) is 5.62. The normalized spacial score (nSPS) is 25.0. The summed E-state index contributed by atoms with van der Waals surface area (Å²) in [5.74, 6) is 1.21. The second kappa shape index (κ2) is 8.02. The molecule has 2 fully saturated rings. The average Bonchev–Trinajstić information content (AvgIpc) is 3.09. The van der Waals surface area contributed by atoms with Crippen LogP contribution in [0.15, 0.2) is 24.3 Å². The van der Waals surface area contributed by atoms with Gasteiger partial charge in [0.2, 0.25) is 5.91 Å². The highest BCUT2D eigenvalue weighted by atomic mass is 16.5. The first kappa shape index (κ1) is 17.3. The van der Waals surface area contributed by atoms with Crippen LogP contribution < -0.4 is 4.74 Å². The summed E-state index contributed by atoms with van der Waals surface area (Å²) in [6, 6.07) is 9.14. The molecule has 1 aromatic rings. The molecule has 1 aromatic carbocycles. The van der Waals surface area contributed by atoms with E-state index in [0.29, 0.717) is 24.5 Å². The number of likely N-dealkylation sites (tertiary alicyclic amines) is 2. The molecule has 0 spiro atoms. The number of ether oxygens (including phenoxy) is 1. The van der Waals surface area contributed by atoms with Crippen molar-refractivity contribution in [1.82, 2.24) is 9.80 Å². The van der Waals surface area contributed by atoms with E-state index in [4.69, 9.17) is 4.74 Å². The van der Waals surface area contributed by atoms with Gasteiger partial charge >= 0.3 is 0 Å². The maximum atomic E-state index is 12.9. The molecule has 0 saturated carbocycles. The highest BCUT2D eigenvalue weighted by Gasteiger charge is 2.31. The molecule has 2 heterocycles. The molecule has 1 amide bonds. The van der Waals surface area contributed by atoms with Gasteiger partial charge in [-0.1, -0.05) is 19.1 Å². The van der Waals surface area contributed by atoms with Crippen molar-refractivity contribution in [1.29, 1.82) is 0 Å². The fraction of sp³-hybridized carbons (Fsp3) is 0.650. The summed E-state index contributed by atoms with van der Waals surface area (Å²) in [7, 11) is 1.69. The topological polar surface area (TPSA) is 32.8 Å². The molecule has 132 valence electrons. The molecule has 24 heavy (non-hydrogen) atoms. The fourth-order valence-electron chi connectivity index (χ4n) is 4.24. The van der Waals surface area contributed by atoms with Gasteiger partial charge in [0, 0.05) is 18.6 Å². The van der Waals surface area contributed by atoms with Gasteiger partial charge in [0.05, 0.1) is 13.7 Å². The van der Waals surface area contributed by atoms with Gasteiger partial charge in [-0.15, -0.1) is 0 Å². The number of benzene rings is 1. The number of nitrogens with zero attached hydrogens (tertiary/aromatic N) is 2. The number of carbonyl (C=O) groups is 1. The van der Waals surface area contributed by atoms with Crippen LogP contribution in [-0.4, -0.2) is 48.5 Å². The monoisotopic (exact) mass is 330 g/mol. The van der Waals surface area contributed by atoms with Crippen molar-refractivity contribution in [2.45, 2.75) is 57.5 Å². The van der Waals surface area contributed by atoms with Crippen LogP contribution in [0.4, 0.5) is 0 Å². The lowest BCUT2D eigenvalue weighted by molar-refractivity contribution is -0.136. The van der Waals surface area contributed by atoms with Crippen LogP contribution in [0.25, 0.3) is 0 Å². The summed E-state index contributed by atoms with van der Waals surface area (Å²) in [5.41, 5.74) is 1.30. The third kappa shape index (κ3) is 3.75. The first-order valence-corrected chi connectivity index (χ1v) is 9.40. The molecule has 0 bridgehead atoms. The van der Waals surface area contributed by atoms with Crippen molar-refractivity contribution in [3.05, 3.63) is 29.8 Å². The zero-order valence-electron chi connectivity index (χ0n) is 15.0. The van der Waals surface area contributed by atoms with Gasteiger partial charge in [-0.05, 0) is 62.8 Å². The minimum Gasteiger partial charge on any atom is -0.497 e. The molecule has 2 aliphatic rings. The highest BCUT2D eigenvalue weighted by molar-refractivity contribution is 5.78. The second-order valence-electron chi connectivity index (χ2n) is 7.05. The molecule has 2 atom stereocenters. The van der Waals surface area contributed by atoms with Gasteiger partial charge in [0.1, 0.15) is 5.75 Å². The van der Waals surface area contributed by atoms with E-state index in [1.54, 1.807) is 7.11 Å². The Balaban J connectivity index is 1.65. The van der Waals surface area contributed by atoms with Crippen molar-refractivity contribution in [2.24, 2.45) is 0 Å². The van der Waals surface area contributed by atoms with Crippen LogP contribution in [0.1, 0.15) is 57.1 Å². The largest absolute Gasteiger partial charge is 0.497 e.